The molecular weight excluding hydrogens is 290 g/mol. The third kappa shape index (κ3) is 4.18. The van der Waals surface area contributed by atoms with Crippen molar-refractivity contribution in [3.8, 4) is 0 Å². The lowest BCUT2D eigenvalue weighted by Crippen LogP contribution is -2.19. The van der Waals surface area contributed by atoms with Gasteiger partial charge in [0.05, 0.1) is 5.69 Å². The summed E-state index contributed by atoms with van der Waals surface area (Å²) in [7, 11) is 0. The van der Waals surface area contributed by atoms with Crippen LogP contribution in [0.5, 0.6) is 0 Å². The van der Waals surface area contributed by atoms with Crippen molar-refractivity contribution >= 4 is 40.8 Å². The van der Waals surface area contributed by atoms with E-state index in [1.165, 1.54) is 6.08 Å². The SMILES string of the molecule is Cc1ccc(NC(=O)Nc2cccc(Cl)c2)cc1N=C=O. The number of carbonyl (C=O) groups is 1. The maximum Gasteiger partial charge on any atom is 0.323 e. The number of aliphatic imine (C=N–C) groups is 1. The summed E-state index contributed by atoms with van der Waals surface area (Å²) in [6, 6.07) is 11.5. The highest BCUT2D eigenvalue weighted by Gasteiger charge is 2.05. The fourth-order valence-corrected chi connectivity index (χ4v) is 1.91. The van der Waals surface area contributed by atoms with Gasteiger partial charge in [-0.25, -0.2) is 9.59 Å². The van der Waals surface area contributed by atoms with Gasteiger partial charge < -0.3 is 10.6 Å². The number of hydrogen-bond acceptors (Lipinski definition) is 3. The van der Waals surface area contributed by atoms with E-state index in [9.17, 15) is 9.59 Å². The van der Waals surface area contributed by atoms with Crippen LogP contribution in [-0.2, 0) is 4.79 Å². The number of rotatable bonds is 3. The lowest BCUT2D eigenvalue weighted by molar-refractivity contribution is 0.262. The van der Waals surface area contributed by atoms with Crippen LogP contribution in [0.1, 0.15) is 5.56 Å². The number of carbonyl (C=O) groups excluding carboxylic acids is 2. The molecule has 2 amide bonds. The number of nitrogens with one attached hydrogen (secondary N) is 2. The van der Waals surface area contributed by atoms with Gasteiger partial charge in [0, 0.05) is 16.4 Å². The fraction of sp³-hybridized carbons (Fsp3) is 0.0667. The highest BCUT2D eigenvalue weighted by Crippen LogP contribution is 2.23. The Labute approximate surface area is 126 Å². The predicted molar refractivity (Wildman–Crippen MR) is 83.1 cm³/mol. The van der Waals surface area contributed by atoms with Crippen molar-refractivity contribution in [1.29, 1.82) is 0 Å². The average molecular weight is 302 g/mol. The number of hydrogen-bond donors (Lipinski definition) is 2. The molecule has 0 spiro atoms. The van der Waals surface area contributed by atoms with Gasteiger partial charge in [0.2, 0.25) is 6.08 Å². The minimum Gasteiger partial charge on any atom is -0.308 e. The highest BCUT2D eigenvalue weighted by molar-refractivity contribution is 6.30. The summed E-state index contributed by atoms with van der Waals surface area (Å²) in [4.78, 5) is 25.8. The second kappa shape index (κ2) is 6.70. The van der Waals surface area contributed by atoms with Gasteiger partial charge in [-0.2, -0.15) is 4.99 Å². The first-order valence-corrected chi connectivity index (χ1v) is 6.48. The van der Waals surface area contributed by atoms with Gasteiger partial charge in [-0.15, -0.1) is 0 Å². The zero-order valence-corrected chi connectivity index (χ0v) is 11.9. The molecule has 2 N–H and O–H groups in total. The van der Waals surface area contributed by atoms with Crippen molar-refractivity contribution in [2.75, 3.05) is 10.6 Å². The smallest absolute Gasteiger partial charge is 0.308 e. The van der Waals surface area contributed by atoms with E-state index in [0.717, 1.165) is 5.56 Å². The molecule has 0 aromatic heterocycles. The molecule has 0 aliphatic carbocycles. The summed E-state index contributed by atoms with van der Waals surface area (Å²) in [5.41, 5.74) is 2.39. The molecule has 0 radical (unpaired) electrons. The molecule has 2 aromatic carbocycles. The van der Waals surface area contributed by atoms with E-state index in [4.69, 9.17) is 11.6 Å². The van der Waals surface area contributed by atoms with Crippen LogP contribution in [0.4, 0.5) is 21.9 Å². The van der Waals surface area contributed by atoms with Crippen molar-refractivity contribution in [2.45, 2.75) is 6.92 Å². The molecule has 5 nitrogen and oxygen atoms in total. The van der Waals surface area contributed by atoms with Crippen molar-refractivity contribution in [3.05, 3.63) is 53.1 Å². The normalized spacial score (nSPS) is 9.62. The van der Waals surface area contributed by atoms with Gasteiger partial charge in [0.25, 0.3) is 0 Å². The maximum atomic E-state index is 11.9. The Morgan fingerprint density at radius 2 is 1.86 bits per heavy atom. The Morgan fingerprint density at radius 3 is 2.52 bits per heavy atom. The van der Waals surface area contributed by atoms with Crippen LogP contribution in [0, 0.1) is 6.92 Å². The Morgan fingerprint density at radius 1 is 1.14 bits per heavy atom. The van der Waals surface area contributed by atoms with E-state index in [1.807, 2.05) is 6.92 Å². The largest absolute Gasteiger partial charge is 0.323 e. The summed E-state index contributed by atoms with van der Waals surface area (Å²) in [6.07, 6.45) is 1.48. The van der Waals surface area contributed by atoms with E-state index in [0.29, 0.717) is 22.1 Å². The zero-order chi connectivity index (χ0) is 15.2. The third-order valence-electron chi connectivity index (χ3n) is 2.72. The summed E-state index contributed by atoms with van der Waals surface area (Å²) in [5, 5.41) is 5.84. The number of isocyanates is 1. The summed E-state index contributed by atoms with van der Waals surface area (Å²) in [5.74, 6) is 0. The number of nitrogens with zero attached hydrogens (tertiary/aromatic N) is 1. The van der Waals surface area contributed by atoms with Crippen LogP contribution >= 0.6 is 11.6 Å². The van der Waals surface area contributed by atoms with Crippen LogP contribution in [0.3, 0.4) is 0 Å². The van der Waals surface area contributed by atoms with Crippen LogP contribution in [0.25, 0.3) is 0 Å². The maximum absolute atomic E-state index is 11.9. The molecule has 2 rings (SSSR count). The molecule has 0 aliphatic rings. The Hall–Kier alpha value is -2.62. The third-order valence-corrected chi connectivity index (χ3v) is 2.95. The van der Waals surface area contributed by atoms with Gasteiger partial charge in [0.1, 0.15) is 0 Å². The molecule has 0 bridgehead atoms. The topological polar surface area (TPSA) is 70.6 Å². The van der Waals surface area contributed by atoms with Crippen LogP contribution in [0.15, 0.2) is 47.5 Å². The monoisotopic (exact) mass is 301 g/mol. The zero-order valence-electron chi connectivity index (χ0n) is 11.2. The first kappa shape index (κ1) is 14.8. The molecule has 6 heteroatoms. The molecule has 0 aliphatic heterocycles. The quantitative estimate of drug-likeness (QED) is 0.657. The number of aryl methyl sites for hydroxylation is 1. The molecule has 0 unspecified atom stereocenters. The van der Waals surface area contributed by atoms with Gasteiger partial charge in [-0.1, -0.05) is 23.7 Å². The van der Waals surface area contributed by atoms with E-state index in [2.05, 4.69) is 15.6 Å². The number of benzene rings is 2. The first-order valence-electron chi connectivity index (χ1n) is 6.10. The molecule has 0 saturated carbocycles. The van der Waals surface area contributed by atoms with E-state index < -0.39 is 6.03 Å². The van der Waals surface area contributed by atoms with Gasteiger partial charge >= 0.3 is 6.03 Å². The standard InChI is InChI=1S/C15H12ClN3O2/c1-10-5-6-13(8-14(10)17-9-20)19-15(21)18-12-4-2-3-11(16)7-12/h2-8H,1H3,(H2,18,19,21). The lowest BCUT2D eigenvalue weighted by Gasteiger charge is -2.09. The molecular formula is C15H12ClN3O2. The van der Waals surface area contributed by atoms with Crippen molar-refractivity contribution < 1.29 is 9.59 Å². The molecule has 0 atom stereocenters. The van der Waals surface area contributed by atoms with Crippen molar-refractivity contribution in [3.63, 3.8) is 0 Å². The predicted octanol–water partition coefficient (Wildman–Crippen LogP) is 4.26. The van der Waals surface area contributed by atoms with E-state index >= 15 is 0 Å². The molecule has 0 heterocycles. The molecule has 21 heavy (non-hydrogen) atoms. The van der Waals surface area contributed by atoms with E-state index in [-0.39, 0.29) is 0 Å². The average Bonchev–Trinajstić information content (AvgIpc) is 2.43. The second-order valence-electron chi connectivity index (χ2n) is 4.29. The van der Waals surface area contributed by atoms with Crippen LogP contribution in [0.2, 0.25) is 5.02 Å². The number of urea groups is 1. The minimum atomic E-state index is -0.415. The van der Waals surface area contributed by atoms with Gasteiger partial charge in [0.15, 0.2) is 0 Å². The summed E-state index contributed by atoms with van der Waals surface area (Å²) >= 11 is 5.84. The second-order valence-corrected chi connectivity index (χ2v) is 4.73. The van der Waals surface area contributed by atoms with Crippen LogP contribution < -0.4 is 10.6 Å². The van der Waals surface area contributed by atoms with E-state index in [1.54, 1.807) is 42.5 Å². The fourth-order valence-electron chi connectivity index (χ4n) is 1.72. The Balaban J connectivity index is 2.09. The van der Waals surface area contributed by atoms with Gasteiger partial charge in [-0.3, -0.25) is 0 Å². The number of amides is 2. The number of anilines is 2. The Bertz CT molecular complexity index is 725. The molecule has 2 aromatic rings. The summed E-state index contributed by atoms with van der Waals surface area (Å²) < 4.78 is 0. The molecule has 106 valence electrons. The highest BCUT2D eigenvalue weighted by atomic mass is 35.5. The summed E-state index contributed by atoms with van der Waals surface area (Å²) in [6.45, 7) is 1.81. The van der Waals surface area contributed by atoms with Crippen LogP contribution in [-0.4, -0.2) is 12.1 Å². The van der Waals surface area contributed by atoms with Gasteiger partial charge in [-0.05, 0) is 42.8 Å². The first-order chi connectivity index (χ1) is 10.1. The molecule has 0 fully saturated rings. The minimum absolute atomic E-state index is 0.415. The van der Waals surface area contributed by atoms with Crippen molar-refractivity contribution in [1.82, 2.24) is 0 Å². The lowest BCUT2D eigenvalue weighted by atomic mass is 10.2. The molecule has 0 saturated heterocycles. The van der Waals surface area contributed by atoms with Crippen molar-refractivity contribution in [2.24, 2.45) is 4.99 Å². The Kier molecular flexibility index (Phi) is 4.72. The number of halogens is 1.